The van der Waals surface area contributed by atoms with E-state index < -0.39 is 16.7 Å². The van der Waals surface area contributed by atoms with Crippen LogP contribution in [0.2, 0.25) is 0 Å². The summed E-state index contributed by atoms with van der Waals surface area (Å²) >= 11 is 0. The average molecular weight is 400 g/mol. The standard InChI is InChI=1S/C19H20N4O6/c1-13(10-18(24)20-14-4-3-5-15(11-14)23(26)27)21-22-19(25)12-29-17-8-6-16(28-2)7-9-17/h3-9,11,21H,1,10,12H2,2H3,(H,20,24)(H,22,25). The van der Waals surface area contributed by atoms with Gasteiger partial charge in [0.1, 0.15) is 11.5 Å². The number of ether oxygens (including phenoxy) is 2. The van der Waals surface area contributed by atoms with Crippen LogP contribution in [0.3, 0.4) is 0 Å². The lowest BCUT2D eigenvalue weighted by Gasteiger charge is -2.12. The number of carbonyl (C=O) groups is 2. The highest BCUT2D eigenvalue weighted by Crippen LogP contribution is 2.18. The second-order valence-electron chi connectivity index (χ2n) is 5.77. The fraction of sp³-hybridized carbons (Fsp3) is 0.158. The molecule has 0 fully saturated rings. The van der Waals surface area contributed by atoms with Crippen LogP contribution in [-0.2, 0) is 9.59 Å². The highest BCUT2D eigenvalue weighted by molar-refractivity contribution is 5.92. The van der Waals surface area contributed by atoms with Crippen molar-refractivity contribution in [3.63, 3.8) is 0 Å². The number of anilines is 1. The van der Waals surface area contributed by atoms with Gasteiger partial charge in [0.25, 0.3) is 11.6 Å². The molecule has 0 aromatic heterocycles. The maximum atomic E-state index is 12.0. The number of nitro benzene ring substituents is 1. The number of non-ortho nitro benzene ring substituents is 1. The highest BCUT2D eigenvalue weighted by Gasteiger charge is 2.10. The minimum absolute atomic E-state index is 0.135. The summed E-state index contributed by atoms with van der Waals surface area (Å²) in [5.74, 6) is 0.243. The Morgan fingerprint density at radius 1 is 1.07 bits per heavy atom. The minimum atomic E-state index is -0.556. The zero-order chi connectivity index (χ0) is 21.2. The molecule has 0 spiro atoms. The molecule has 2 aromatic carbocycles. The van der Waals surface area contributed by atoms with Crippen LogP contribution in [-0.4, -0.2) is 30.5 Å². The van der Waals surface area contributed by atoms with Crippen molar-refractivity contribution in [2.45, 2.75) is 6.42 Å². The highest BCUT2D eigenvalue weighted by atomic mass is 16.6. The van der Waals surface area contributed by atoms with Gasteiger partial charge in [-0.2, -0.15) is 0 Å². The first-order valence-electron chi connectivity index (χ1n) is 8.41. The summed E-state index contributed by atoms with van der Waals surface area (Å²) < 4.78 is 10.3. The number of hydrogen-bond acceptors (Lipinski definition) is 7. The molecular formula is C19H20N4O6. The number of rotatable bonds is 10. The van der Waals surface area contributed by atoms with Crippen LogP contribution in [0.1, 0.15) is 6.42 Å². The number of benzene rings is 2. The number of hydrazine groups is 1. The van der Waals surface area contributed by atoms with E-state index in [0.29, 0.717) is 11.5 Å². The van der Waals surface area contributed by atoms with Crippen molar-refractivity contribution in [1.82, 2.24) is 10.9 Å². The van der Waals surface area contributed by atoms with E-state index in [1.165, 1.54) is 24.3 Å². The first-order valence-corrected chi connectivity index (χ1v) is 8.41. The summed E-state index contributed by atoms with van der Waals surface area (Å²) in [6.07, 6.45) is -0.150. The predicted octanol–water partition coefficient (Wildman–Crippen LogP) is 2.15. The fourth-order valence-corrected chi connectivity index (χ4v) is 2.16. The number of carbonyl (C=O) groups excluding carboxylic acids is 2. The lowest BCUT2D eigenvalue weighted by atomic mass is 10.2. The van der Waals surface area contributed by atoms with Crippen LogP contribution in [0.4, 0.5) is 11.4 Å². The number of hydrogen-bond donors (Lipinski definition) is 3. The monoisotopic (exact) mass is 400 g/mol. The van der Waals surface area contributed by atoms with E-state index in [1.54, 1.807) is 31.4 Å². The molecule has 0 saturated heterocycles. The zero-order valence-corrected chi connectivity index (χ0v) is 15.6. The Bertz CT molecular complexity index is 898. The van der Waals surface area contributed by atoms with Gasteiger partial charge in [-0.1, -0.05) is 12.6 Å². The Hall–Kier alpha value is -4.08. The average Bonchev–Trinajstić information content (AvgIpc) is 2.71. The lowest BCUT2D eigenvalue weighted by Crippen LogP contribution is -2.40. The van der Waals surface area contributed by atoms with Crippen LogP contribution in [0.5, 0.6) is 11.5 Å². The second-order valence-corrected chi connectivity index (χ2v) is 5.77. The third kappa shape index (κ3) is 7.21. The van der Waals surface area contributed by atoms with Gasteiger partial charge in [-0.05, 0) is 30.3 Å². The number of amides is 2. The van der Waals surface area contributed by atoms with Gasteiger partial charge in [-0.25, -0.2) is 0 Å². The van der Waals surface area contributed by atoms with E-state index in [9.17, 15) is 19.7 Å². The molecule has 0 aliphatic rings. The van der Waals surface area contributed by atoms with Gasteiger partial charge in [-0.15, -0.1) is 0 Å². The Morgan fingerprint density at radius 3 is 2.41 bits per heavy atom. The summed E-state index contributed by atoms with van der Waals surface area (Å²) in [6, 6.07) is 12.3. The molecule has 0 unspecified atom stereocenters. The van der Waals surface area contributed by atoms with Crippen molar-refractivity contribution in [3.8, 4) is 11.5 Å². The van der Waals surface area contributed by atoms with Crippen molar-refractivity contribution in [2.75, 3.05) is 19.0 Å². The molecule has 0 aliphatic carbocycles. The molecule has 10 nitrogen and oxygen atoms in total. The Balaban J connectivity index is 1.71. The summed E-state index contributed by atoms with van der Waals surface area (Å²) in [7, 11) is 1.55. The van der Waals surface area contributed by atoms with Crippen LogP contribution in [0.15, 0.2) is 60.8 Å². The first kappa shape index (κ1) is 21.2. The van der Waals surface area contributed by atoms with Crippen molar-refractivity contribution < 1.29 is 24.0 Å². The van der Waals surface area contributed by atoms with E-state index in [2.05, 4.69) is 22.7 Å². The molecule has 29 heavy (non-hydrogen) atoms. The normalized spacial score (nSPS) is 9.83. The Labute approximate surface area is 166 Å². The van der Waals surface area contributed by atoms with Crippen LogP contribution in [0.25, 0.3) is 0 Å². The summed E-state index contributed by atoms with van der Waals surface area (Å²) in [5, 5.41) is 13.3. The molecule has 10 heteroatoms. The van der Waals surface area contributed by atoms with E-state index in [1.807, 2.05) is 0 Å². The van der Waals surface area contributed by atoms with Crippen LogP contribution < -0.4 is 25.6 Å². The van der Waals surface area contributed by atoms with Crippen molar-refractivity contribution in [1.29, 1.82) is 0 Å². The molecule has 0 bridgehead atoms. The van der Waals surface area contributed by atoms with Crippen LogP contribution in [0, 0.1) is 10.1 Å². The smallest absolute Gasteiger partial charge is 0.276 e. The third-order valence-electron chi connectivity index (χ3n) is 3.52. The second kappa shape index (κ2) is 10.3. The number of nitrogens with one attached hydrogen (secondary N) is 3. The van der Waals surface area contributed by atoms with E-state index in [4.69, 9.17) is 9.47 Å². The molecule has 0 saturated carbocycles. The summed E-state index contributed by atoms with van der Waals surface area (Å²) in [6.45, 7) is 3.40. The molecule has 152 valence electrons. The largest absolute Gasteiger partial charge is 0.497 e. The molecular weight excluding hydrogens is 380 g/mol. The number of methoxy groups -OCH3 is 1. The maximum Gasteiger partial charge on any atom is 0.276 e. The molecule has 3 N–H and O–H groups in total. The van der Waals surface area contributed by atoms with Gasteiger partial charge in [0.05, 0.1) is 18.5 Å². The fourth-order valence-electron chi connectivity index (χ4n) is 2.16. The number of nitrogens with zero attached hydrogens (tertiary/aromatic N) is 1. The molecule has 0 atom stereocenters. The van der Waals surface area contributed by atoms with Crippen molar-refractivity contribution >= 4 is 23.2 Å². The predicted molar refractivity (Wildman–Crippen MR) is 105 cm³/mol. The van der Waals surface area contributed by atoms with Gasteiger partial charge in [0.2, 0.25) is 5.91 Å². The molecule has 2 rings (SSSR count). The van der Waals surface area contributed by atoms with Gasteiger partial charge in [0.15, 0.2) is 6.61 Å². The van der Waals surface area contributed by atoms with E-state index in [-0.39, 0.29) is 30.1 Å². The molecule has 2 aromatic rings. The maximum absolute atomic E-state index is 12.0. The molecule has 0 aliphatic heterocycles. The SMILES string of the molecule is C=C(CC(=O)Nc1cccc([N+](=O)[O-])c1)NNC(=O)COc1ccc(OC)cc1. The molecule has 0 heterocycles. The van der Waals surface area contributed by atoms with Crippen molar-refractivity contribution in [2.24, 2.45) is 0 Å². The number of nitro groups is 1. The van der Waals surface area contributed by atoms with Crippen LogP contribution >= 0.6 is 0 Å². The zero-order valence-electron chi connectivity index (χ0n) is 15.6. The summed E-state index contributed by atoms with van der Waals surface area (Å²) in [5.41, 5.74) is 5.26. The minimum Gasteiger partial charge on any atom is -0.497 e. The van der Waals surface area contributed by atoms with Gasteiger partial charge in [-0.3, -0.25) is 25.1 Å². The van der Waals surface area contributed by atoms with Gasteiger partial charge in [0, 0.05) is 23.5 Å². The van der Waals surface area contributed by atoms with Crippen molar-refractivity contribution in [3.05, 3.63) is 70.9 Å². The molecule has 2 amide bonds. The summed E-state index contributed by atoms with van der Waals surface area (Å²) in [4.78, 5) is 34.0. The van der Waals surface area contributed by atoms with Gasteiger partial charge < -0.3 is 20.2 Å². The first-order chi connectivity index (χ1) is 13.9. The Kier molecular flexibility index (Phi) is 7.54. The topological polar surface area (TPSA) is 132 Å². The Morgan fingerprint density at radius 2 is 1.76 bits per heavy atom. The van der Waals surface area contributed by atoms with E-state index in [0.717, 1.165) is 0 Å². The van der Waals surface area contributed by atoms with E-state index >= 15 is 0 Å². The molecule has 0 radical (unpaired) electrons. The quantitative estimate of drug-likeness (QED) is 0.411. The van der Waals surface area contributed by atoms with Gasteiger partial charge >= 0.3 is 0 Å². The lowest BCUT2D eigenvalue weighted by molar-refractivity contribution is -0.384. The third-order valence-corrected chi connectivity index (χ3v) is 3.52.